The van der Waals surface area contributed by atoms with Gasteiger partial charge in [-0.25, -0.2) is 8.42 Å². The van der Waals surface area contributed by atoms with E-state index < -0.39 is 9.84 Å². The Balaban J connectivity index is 2.52. The van der Waals surface area contributed by atoms with Gasteiger partial charge in [0, 0.05) is 19.2 Å². The Morgan fingerprint density at radius 1 is 1.44 bits per heavy atom. The standard InChI is InChI=1S/C12H12N2O3S/c1-9(15)14-6-2-3-10-7-11(4-5-12(10)14)18(16,17)8-13/h4-5,7H,2-3,6H2,1H3. The van der Waals surface area contributed by atoms with Gasteiger partial charge < -0.3 is 4.90 Å². The van der Waals surface area contributed by atoms with E-state index in [4.69, 9.17) is 5.26 Å². The zero-order valence-electron chi connectivity index (χ0n) is 9.88. The minimum absolute atomic E-state index is 0.00541. The molecule has 0 fully saturated rings. The van der Waals surface area contributed by atoms with E-state index in [1.54, 1.807) is 11.0 Å². The van der Waals surface area contributed by atoms with Crippen LogP contribution >= 0.6 is 0 Å². The molecule has 0 spiro atoms. The van der Waals surface area contributed by atoms with Crippen LogP contribution in [0.3, 0.4) is 0 Å². The molecule has 0 aliphatic carbocycles. The maximum absolute atomic E-state index is 11.5. The van der Waals surface area contributed by atoms with Crippen LogP contribution in [0, 0.1) is 10.7 Å². The van der Waals surface area contributed by atoms with Gasteiger partial charge in [-0.15, -0.1) is 0 Å². The number of carbonyl (C=O) groups is 1. The van der Waals surface area contributed by atoms with Crippen molar-refractivity contribution in [3.05, 3.63) is 23.8 Å². The zero-order chi connectivity index (χ0) is 13.3. The van der Waals surface area contributed by atoms with Gasteiger partial charge in [-0.2, -0.15) is 5.26 Å². The monoisotopic (exact) mass is 264 g/mol. The van der Waals surface area contributed by atoms with Gasteiger partial charge in [-0.1, -0.05) is 0 Å². The van der Waals surface area contributed by atoms with Crippen LogP contribution in [0.2, 0.25) is 0 Å². The molecule has 5 nitrogen and oxygen atoms in total. The highest BCUT2D eigenvalue weighted by molar-refractivity contribution is 7.95. The van der Waals surface area contributed by atoms with Crippen LogP contribution in [-0.4, -0.2) is 20.9 Å². The smallest absolute Gasteiger partial charge is 0.269 e. The van der Waals surface area contributed by atoms with Gasteiger partial charge in [0.15, 0.2) is 5.40 Å². The van der Waals surface area contributed by atoms with Crippen LogP contribution in [0.5, 0.6) is 0 Å². The number of thiocyanates is 1. The van der Waals surface area contributed by atoms with E-state index in [1.807, 2.05) is 0 Å². The summed E-state index contributed by atoms with van der Waals surface area (Å²) >= 11 is 0. The summed E-state index contributed by atoms with van der Waals surface area (Å²) in [7, 11) is -3.87. The summed E-state index contributed by atoms with van der Waals surface area (Å²) in [5.74, 6) is -0.0631. The predicted molar refractivity (Wildman–Crippen MR) is 65.6 cm³/mol. The molecule has 1 aromatic rings. The fourth-order valence-corrected chi connectivity index (χ4v) is 2.77. The summed E-state index contributed by atoms with van der Waals surface area (Å²) in [4.78, 5) is 13.1. The van der Waals surface area contributed by atoms with Gasteiger partial charge in [0.1, 0.15) is 0 Å². The molecule has 0 N–H and O–H groups in total. The first-order valence-electron chi connectivity index (χ1n) is 5.52. The third kappa shape index (κ3) is 2.09. The summed E-state index contributed by atoms with van der Waals surface area (Å²) in [6.45, 7) is 2.13. The number of carbonyl (C=O) groups excluding carboxylic acids is 1. The first kappa shape index (κ1) is 12.6. The van der Waals surface area contributed by atoms with Crippen molar-refractivity contribution in [2.24, 2.45) is 0 Å². The molecule has 0 radical (unpaired) electrons. The number of aryl methyl sites for hydroxylation is 1. The predicted octanol–water partition coefficient (Wildman–Crippen LogP) is 1.24. The molecule has 94 valence electrons. The van der Waals surface area contributed by atoms with Crippen molar-refractivity contribution in [1.29, 1.82) is 5.26 Å². The number of fused-ring (bicyclic) bond motifs is 1. The second-order valence-electron chi connectivity index (χ2n) is 4.16. The molecule has 1 aliphatic heterocycles. The Hall–Kier alpha value is -1.87. The van der Waals surface area contributed by atoms with E-state index in [0.717, 1.165) is 17.7 Å². The summed E-state index contributed by atoms with van der Waals surface area (Å²) in [5, 5.41) is 9.88. The van der Waals surface area contributed by atoms with Crippen molar-refractivity contribution in [3.8, 4) is 5.40 Å². The molecule has 18 heavy (non-hydrogen) atoms. The van der Waals surface area contributed by atoms with Crippen LogP contribution in [-0.2, 0) is 21.1 Å². The Morgan fingerprint density at radius 2 is 2.17 bits per heavy atom. The fraction of sp³-hybridized carbons (Fsp3) is 0.333. The van der Waals surface area contributed by atoms with Crippen molar-refractivity contribution in [2.45, 2.75) is 24.7 Å². The largest absolute Gasteiger partial charge is 0.312 e. The van der Waals surface area contributed by atoms with Crippen molar-refractivity contribution in [2.75, 3.05) is 11.4 Å². The number of hydrogen-bond donors (Lipinski definition) is 0. The second-order valence-corrected chi connectivity index (χ2v) is 5.82. The summed E-state index contributed by atoms with van der Waals surface area (Å²) in [6, 6.07) is 4.46. The number of benzene rings is 1. The lowest BCUT2D eigenvalue weighted by Crippen LogP contribution is -2.33. The molecule has 0 atom stereocenters. The quantitative estimate of drug-likeness (QED) is 0.564. The minimum atomic E-state index is -3.87. The van der Waals surface area contributed by atoms with Gasteiger partial charge in [-0.3, -0.25) is 4.79 Å². The zero-order valence-corrected chi connectivity index (χ0v) is 10.7. The average molecular weight is 264 g/mol. The number of nitrogens with zero attached hydrogens (tertiary/aromatic N) is 2. The SMILES string of the molecule is CC(=O)N1CCCc2cc(S(=O)(=O)C#N)ccc21. The molecule has 1 amide bonds. The summed E-state index contributed by atoms with van der Waals surface area (Å²) in [6.07, 6.45) is 1.51. The van der Waals surface area contributed by atoms with Crippen LogP contribution in [0.25, 0.3) is 0 Å². The molecule has 0 saturated heterocycles. The molecule has 1 heterocycles. The molecule has 1 aromatic carbocycles. The maximum Gasteiger partial charge on any atom is 0.269 e. The van der Waals surface area contributed by atoms with E-state index in [-0.39, 0.29) is 10.8 Å². The molecule has 0 bridgehead atoms. The van der Waals surface area contributed by atoms with E-state index >= 15 is 0 Å². The molecular weight excluding hydrogens is 252 g/mol. The Kier molecular flexibility index (Phi) is 3.09. The van der Waals surface area contributed by atoms with Crippen LogP contribution in [0.4, 0.5) is 5.69 Å². The lowest BCUT2D eigenvalue weighted by atomic mass is 10.0. The van der Waals surface area contributed by atoms with Gasteiger partial charge in [0.05, 0.1) is 4.90 Å². The van der Waals surface area contributed by atoms with E-state index in [9.17, 15) is 13.2 Å². The molecule has 0 saturated carbocycles. The number of nitriles is 1. The van der Waals surface area contributed by atoms with Gasteiger partial charge in [0.2, 0.25) is 5.91 Å². The number of sulfone groups is 1. The van der Waals surface area contributed by atoms with Crippen LogP contribution < -0.4 is 4.90 Å². The summed E-state index contributed by atoms with van der Waals surface area (Å²) in [5.41, 5.74) is 1.54. The molecule has 2 rings (SSSR count). The third-order valence-corrected chi connectivity index (χ3v) is 4.10. The third-order valence-electron chi connectivity index (χ3n) is 2.98. The number of rotatable bonds is 1. The minimum Gasteiger partial charge on any atom is -0.312 e. The highest BCUT2D eigenvalue weighted by Crippen LogP contribution is 2.29. The van der Waals surface area contributed by atoms with E-state index in [1.165, 1.54) is 24.5 Å². The number of amides is 1. The Morgan fingerprint density at radius 3 is 2.78 bits per heavy atom. The highest BCUT2D eigenvalue weighted by atomic mass is 32.2. The molecule has 0 aromatic heterocycles. The van der Waals surface area contributed by atoms with Crippen molar-refractivity contribution >= 4 is 21.4 Å². The first-order chi connectivity index (χ1) is 8.45. The van der Waals surface area contributed by atoms with Gasteiger partial charge >= 0.3 is 0 Å². The highest BCUT2D eigenvalue weighted by Gasteiger charge is 2.22. The lowest BCUT2D eigenvalue weighted by molar-refractivity contribution is -0.116. The van der Waals surface area contributed by atoms with Crippen LogP contribution in [0.1, 0.15) is 18.9 Å². The second kappa shape index (κ2) is 4.42. The van der Waals surface area contributed by atoms with Crippen molar-refractivity contribution < 1.29 is 13.2 Å². The lowest BCUT2D eigenvalue weighted by Gasteiger charge is -2.28. The van der Waals surface area contributed by atoms with E-state index in [2.05, 4.69) is 0 Å². The van der Waals surface area contributed by atoms with Gasteiger partial charge in [0.25, 0.3) is 9.84 Å². The number of hydrogen-bond acceptors (Lipinski definition) is 4. The van der Waals surface area contributed by atoms with Gasteiger partial charge in [-0.05, 0) is 36.6 Å². The number of anilines is 1. The summed E-state index contributed by atoms with van der Waals surface area (Å²) < 4.78 is 22.9. The van der Waals surface area contributed by atoms with E-state index in [0.29, 0.717) is 13.0 Å². The van der Waals surface area contributed by atoms with Crippen molar-refractivity contribution in [1.82, 2.24) is 0 Å². The molecule has 6 heteroatoms. The first-order valence-corrected chi connectivity index (χ1v) is 7.01. The van der Waals surface area contributed by atoms with Crippen molar-refractivity contribution in [3.63, 3.8) is 0 Å². The Labute approximate surface area is 106 Å². The molecule has 0 unspecified atom stereocenters. The normalized spacial score (nSPS) is 14.8. The van der Waals surface area contributed by atoms with Crippen LogP contribution in [0.15, 0.2) is 23.1 Å². The molecular formula is C12H12N2O3S. The average Bonchev–Trinajstić information content (AvgIpc) is 2.37. The fourth-order valence-electron chi connectivity index (χ4n) is 2.12. The Bertz CT molecular complexity index is 644. The molecule has 1 aliphatic rings. The maximum atomic E-state index is 11.5. The topological polar surface area (TPSA) is 78.2 Å².